The van der Waals surface area contributed by atoms with E-state index in [-0.39, 0.29) is 29.8 Å². The van der Waals surface area contributed by atoms with Gasteiger partial charge in [0.1, 0.15) is 0 Å². The zero-order valence-electron chi connectivity index (χ0n) is 13.0. The van der Waals surface area contributed by atoms with Crippen LogP contribution in [0.25, 0.3) is 0 Å². The van der Waals surface area contributed by atoms with Gasteiger partial charge >= 0.3 is 0 Å². The summed E-state index contributed by atoms with van der Waals surface area (Å²) in [4.78, 5) is 0. The summed E-state index contributed by atoms with van der Waals surface area (Å²) in [7, 11) is 0. The summed E-state index contributed by atoms with van der Waals surface area (Å²) >= 11 is 0. The molecule has 0 spiro atoms. The van der Waals surface area contributed by atoms with E-state index in [0.29, 0.717) is 6.42 Å². The fourth-order valence-electron chi connectivity index (χ4n) is 3.16. The Kier molecular flexibility index (Phi) is 5.41. The van der Waals surface area contributed by atoms with E-state index < -0.39 is 18.0 Å². The summed E-state index contributed by atoms with van der Waals surface area (Å²) < 4.78 is 5.89. The lowest BCUT2D eigenvalue weighted by Gasteiger charge is -2.50. The van der Waals surface area contributed by atoms with Crippen molar-refractivity contribution in [3.8, 4) is 0 Å². The van der Waals surface area contributed by atoms with Crippen LogP contribution in [0.5, 0.6) is 0 Å². The Hall–Kier alpha value is -0.160. The van der Waals surface area contributed by atoms with Gasteiger partial charge in [-0.1, -0.05) is 41.5 Å². The second kappa shape index (κ2) is 6.08. The minimum Gasteiger partial charge on any atom is -0.392 e. The maximum absolute atomic E-state index is 10.5. The van der Waals surface area contributed by atoms with Gasteiger partial charge in [-0.05, 0) is 12.3 Å². The van der Waals surface area contributed by atoms with Gasteiger partial charge in [0.25, 0.3) is 0 Å². The highest BCUT2D eigenvalue weighted by Gasteiger charge is 2.50. The van der Waals surface area contributed by atoms with E-state index in [1.54, 1.807) is 0 Å². The lowest BCUT2D eigenvalue weighted by atomic mass is 9.74. The predicted molar refractivity (Wildman–Crippen MR) is 74.5 cm³/mol. The molecular formula is C15H30O4. The highest BCUT2D eigenvalue weighted by molar-refractivity contribution is 4.94. The molecule has 1 saturated heterocycles. The molecule has 19 heavy (non-hydrogen) atoms. The van der Waals surface area contributed by atoms with Crippen molar-refractivity contribution in [3.05, 3.63) is 0 Å². The molecule has 0 saturated carbocycles. The first kappa shape index (κ1) is 16.9. The quantitative estimate of drug-likeness (QED) is 0.731. The number of rotatable bonds is 4. The minimum atomic E-state index is -1.30. The summed E-state index contributed by atoms with van der Waals surface area (Å²) in [6.45, 7) is 11.4. The van der Waals surface area contributed by atoms with Gasteiger partial charge in [-0.15, -0.1) is 0 Å². The van der Waals surface area contributed by atoms with E-state index in [4.69, 9.17) is 4.74 Å². The van der Waals surface area contributed by atoms with Crippen molar-refractivity contribution in [2.75, 3.05) is 0 Å². The summed E-state index contributed by atoms with van der Waals surface area (Å²) in [6.07, 6.45) is -1.04. The van der Waals surface area contributed by atoms with Crippen LogP contribution < -0.4 is 0 Å². The van der Waals surface area contributed by atoms with Gasteiger partial charge in [-0.2, -0.15) is 0 Å². The molecule has 0 aromatic heterocycles. The fourth-order valence-corrected chi connectivity index (χ4v) is 3.16. The van der Waals surface area contributed by atoms with Crippen molar-refractivity contribution in [1.29, 1.82) is 0 Å². The molecular weight excluding hydrogens is 244 g/mol. The highest BCUT2D eigenvalue weighted by atomic mass is 16.6. The molecule has 1 aliphatic heterocycles. The first-order chi connectivity index (χ1) is 8.65. The van der Waals surface area contributed by atoms with E-state index in [2.05, 4.69) is 0 Å². The molecule has 0 aliphatic carbocycles. The lowest BCUT2D eigenvalue weighted by molar-refractivity contribution is -0.329. The topological polar surface area (TPSA) is 69.9 Å². The van der Waals surface area contributed by atoms with Gasteiger partial charge < -0.3 is 20.1 Å². The second-order valence-corrected chi connectivity index (χ2v) is 6.51. The molecule has 0 radical (unpaired) electrons. The Morgan fingerprint density at radius 3 is 2.16 bits per heavy atom. The monoisotopic (exact) mass is 274 g/mol. The molecule has 0 amide bonds. The van der Waals surface area contributed by atoms with Gasteiger partial charge in [0.15, 0.2) is 5.79 Å². The van der Waals surface area contributed by atoms with Crippen molar-refractivity contribution in [1.82, 2.24) is 0 Å². The van der Waals surface area contributed by atoms with Crippen LogP contribution in [-0.4, -0.2) is 39.4 Å². The normalized spacial score (nSPS) is 43.3. The molecule has 1 aliphatic rings. The van der Waals surface area contributed by atoms with Crippen LogP contribution in [0.1, 0.15) is 48.0 Å². The van der Waals surface area contributed by atoms with Crippen molar-refractivity contribution < 1.29 is 20.1 Å². The number of aliphatic hydroxyl groups is 3. The Morgan fingerprint density at radius 2 is 1.74 bits per heavy atom. The van der Waals surface area contributed by atoms with Crippen LogP contribution in [-0.2, 0) is 4.74 Å². The molecule has 114 valence electrons. The molecule has 0 bridgehead atoms. The first-order valence-corrected chi connectivity index (χ1v) is 7.42. The van der Waals surface area contributed by atoms with Crippen LogP contribution >= 0.6 is 0 Å². The van der Waals surface area contributed by atoms with Crippen molar-refractivity contribution in [3.63, 3.8) is 0 Å². The third-order valence-corrected chi connectivity index (χ3v) is 4.87. The summed E-state index contributed by atoms with van der Waals surface area (Å²) in [5, 5.41) is 31.1. The molecule has 1 rings (SSSR count). The molecule has 7 atom stereocenters. The molecule has 0 aromatic carbocycles. The lowest BCUT2D eigenvalue weighted by Crippen LogP contribution is -2.59. The van der Waals surface area contributed by atoms with Crippen LogP contribution in [0.3, 0.4) is 0 Å². The van der Waals surface area contributed by atoms with E-state index in [9.17, 15) is 15.3 Å². The number of aliphatic hydroxyl groups excluding tert-OH is 2. The Labute approximate surface area is 116 Å². The van der Waals surface area contributed by atoms with E-state index in [1.165, 1.54) is 0 Å². The fraction of sp³-hybridized carbons (Fsp3) is 1.00. The standard InChI is InChI=1S/C15H30O4/c1-7-15(18)11(6)13(17)10(5)14(19-15)9(4)12(16)8(2)3/h8-14,16-18H,7H2,1-6H3/t9-,10-,11+,12+,13-,14+,15-/m0/s1. The van der Waals surface area contributed by atoms with Gasteiger partial charge in [0.2, 0.25) is 0 Å². The van der Waals surface area contributed by atoms with Gasteiger partial charge in [0, 0.05) is 17.8 Å². The van der Waals surface area contributed by atoms with Gasteiger partial charge in [-0.25, -0.2) is 0 Å². The van der Waals surface area contributed by atoms with Gasteiger partial charge in [0.05, 0.1) is 18.3 Å². The second-order valence-electron chi connectivity index (χ2n) is 6.51. The third kappa shape index (κ3) is 3.13. The van der Waals surface area contributed by atoms with E-state index in [1.807, 2.05) is 41.5 Å². The van der Waals surface area contributed by atoms with E-state index in [0.717, 1.165) is 0 Å². The number of hydrogen-bond acceptors (Lipinski definition) is 4. The largest absolute Gasteiger partial charge is 0.392 e. The Bertz CT molecular complexity index is 294. The molecule has 1 heterocycles. The zero-order valence-corrected chi connectivity index (χ0v) is 13.0. The van der Waals surface area contributed by atoms with Crippen molar-refractivity contribution in [2.45, 2.75) is 72.1 Å². The van der Waals surface area contributed by atoms with Crippen molar-refractivity contribution >= 4 is 0 Å². The minimum absolute atomic E-state index is 0.106. The molecule has 4 nitrogen and oxygen atoms in total. The SMILES string of the molecule is CC[C@]1(O)O[C@H]([C@@H](C)[C@H](O)C(C)C)[C@@H](C)[C@H](O)[C@H]1C. The van der Waals surface area contributed by atoms with Crippen LogP contribution in [0.2, 0.25) is 0 Å². The summed E-state index contributed by atoms with van der Waals surface area (Å²) in [5.41, 5.74) is 0. The molecule has 4 heteroatoms. The molecule has 1 fully saturated rings. The maximum atomic E-state index is 10.5. The van der Waals surface area contributed by atoms with Crippen LogP contribution in [0.15, 0.2) is 0 Å². The Balaban J connectivity index is 2.94. The number of hydrogen-bond donors (Lipinski definition) is 3. The average Bonchev–Trinajstić information content (AvgIpc) is 2.38. The van der Waals surface area contributed by atoms with Crippen molar-refractivity contribution in [2.24, 2.45) is 23.7 Å². The Morgan fingerprint density at radius 1 is 1.21 bits per heavy atom. The predicted octanol–water partition coefficient (Wildman–Crippen LogP) is 1.77. The number of ether oxygens (including phenoxy) is 1. The maximum Gasteiger partial charge on any atom is 0.170 e. The van der Waals surface area contributed by atoms with Crippen LogP contribution in [0.4, 0.5) is 0 Å². The average molecular weight is 274 g/mol. The highest BCUT2D eigenvalue weighted by Crippen LogP contribution is 2.41. The van der Waals surface area contributed by atoms with Gasteiger partial charge in [-0.3, -0.25) is 0 Å². The summed E-state index contributed by atoms with van der Waals surface area (Å²) in [6, 6.07) is 0. The molecule has 0 aromatic rings. The van der Waals surface area contributed by atoms with Crippen LogP contribution in [0, 0.1) is 23.7 Å². The smallest absolute Gasteiger partial charge is 0.170 e. The first-order valence-electron chi connectivity index (χ1n) is 7.42. The summed E-state index contributed by atoms with van der Waals surface area (Å²) in [5.74, 6) is -1.74. The molecule has 0 unspecified atom stereocenters. The molecule has 3 N–H and O–H groups in total. The van der Waals surface area contributed by atoms with E-state index >= 15 is 0 Å². The zero-order chi connectivity index (χ0) is 15.0. The third-order valence-electron chi connectivity index (χ3n) is 4.87.